The standard InChI is InChI=1S/C14H14Cl2FN3/c1-3-4-18-14-12(17)8(2)19-13(20-14)9-5-10(15)7-11(16)6-9/h5-7H,3-4H2,1-2H3,(H,18,19,20). The van der Waals surface area contributed by atoms with Crippen LogP contribution in [0.5, 0.6) is 0 Å². The number of nitrogens with one attached hydrogen (secondary N) is 1. The number of benzene rings is 1. The number of rotatable bonds is 4. The molecule has 0 fully saturated rings. The van der Waals surface area contributed by atoms with Crippen molar-refractivity contribution < 1.29 is 4.39 Å². The molecule has 0 aliphatic heterocycles. The average Bonchev–Trinajstić information content (AvgIpc) is 2.39. The lowest BCUT2D eigenvalue weighted by Gasteiger charge is -2.10. The Kier molecular flexibility index (Phi) is 4.78. The van der Waals surface area contributed by atoms with Gasteiger partial charge in [0.1, 0.15) is 0 Å². The van der Waals surface area contributed by atoms with Crippen molar-refractivity contribution in [3.8, 4) is 11.4 Å². The summed E-state index contributed by atoms with van der Waals surface area (Å²) < 4.78 is 13.9. The van der Waals surface area contributed by atoms with E-state index >= 15 is 0 Å². The first-order valence-electron chi connectivity index (χ1n) is 6.25. The highest BCUT2D eigenvalue weighted by molar-refractivity contribution is 6.35. The molecular formula is C14H14Cl2FN3. The second-order valence-electron chi connectivity index (χ2n) is 4.38. The van der Waals surface area contributed by atoms with Crippen molar-refractivity contribution in [2.45, 2.75) is 20.3 Å². The lowest BCUT2D eigenvalue weighted by atomic mass is 10.2. The number of hydrogen-bond donors (Lipinski definition) is 1. The maximum Gasteiger partial charge on any atom is 0.186 e. The Bertz CT molecular complexity index is 612. The second-order valence-corrected chi connectivity index (χ2v) is 5.25. The maximum absolute atomic E-state index is 13.9. The molecule has 6 heteroatoms. The molecule has 0 unspecified atom stereocenters. The van der Waals surface area contributed by atoms with Crippen LogP contribution in [-0.2, 0) is 0 Å². The first-order valence-corrected chi connectivity index (χ1v) is 7.01. The Morgan fingerprint density at radius 1 is 1.15 bits per heavy atom. The van der Waals surface area contributed by atoms with E-state index in [9.17, 15) is 4.39 Å². The van der Waals surface area contributed by atoms with Crippen LogP contribution in [0, 0.1) is 12.7 Å². The van der Waals surface area contributed by atoms with Crippen molar-refractivity contribution in [1.82, 2.24) is 9.97 Å². The van der Waals surface area contributed by atoms with E-state index in [4.69, 9.17) is 23.2 Å². The van der Waals surface area contributed by atoms with Gasteiger partial charge in [-0.25, -0.2) is 14.4 Å². The van der Waals surface area contributed by atoms with E-state index in [1.807, 2.05) is 6.92 Å². The Morgan fingerprint density at radius 3 is 2.40 bits per heavy atom. The van der Waals surface area contributed by atoms with Crippen LogP contribution >= 0.6 is 23.2 Å². The molecule has 0 saturated heterocycles. The summed E-state index contributed by atoms with van der Waals surface area (Å²) in [4.78, 5) is 8.36. The van der Waals surface area contributed by atoms with Gasteiger partial charge in [0, 0.05) is 22.2 Å². The van der Waals surface area contributed by atoms with Gasteiger partial charge in [-0.05, 0) is 31.5 Å². The van der Waals surface area contributed by atoms with E-state index < -0.39 is 5.82 Å². The summed E-state index contributed by atoms with van der Waals surface area (Å²) in [5.41, 5.74) is 0.940. The van der Waals surface area contributed by atoms with Crippen LogP contribution in [0.4, 0.5) is 10.2 Å². The number of anilines is 1. The third-order valence-corrected chi connectivity index (χ3v) is 3.12. The minimum Gasteiger partial charge on any atom is -0.368 e. The van der Waals surface area contributed by atoms with Gasteiger partial charge in [-0.15, -0.1) is 0 Å². The van der Waals surface area contributed by atoms with Gasteiger partial charge >= 0.3 is 0 Å². The zero-order chi connectivity index (χ0) is 14.7. The van der Waals surface area contributed by atoms with Gasteiger partial charge in [0.25, 0.3) is 0 Å². The van der Waals surface area contributed by atoms with Crippen LogP contribution in [0.2, 0.25) is 10.0 Å². The highest BCUT2D eigenvalue weighted by Gasteiger charge is 2.13. The number of aromatic nitrogens is 2. The fourth-order valence-electron chi connectivity index (χ4n) is 1.73. The van der Waals surface area contributed by atoms with Crippen molar-refractivity contribution in [3.05, 3.63) is 39.8 Å². The van der Waals surface area contributed by atoms with Gasteiger partial charge in [-0.2, -0.15) is 0 Å². The number of aryl methyl sites for hydroxylation is 1. The van der Waals surface area contributed by atoms with Gasteiger partial charge in [-0.3, -0.25) is 0 Å². The quantitative estimate of drug-likeness (QED) is 0.887. The summed E-state index contributed by atoms with van der Waals surface area (Å²) in [6, 6.07) is 5.02. The molecule has 106 valence electrons. The highest BCUT2D eigenvalue weighted by Crippen LogP contribution is 2.27. The molecule has 0 saturated carbocycles. The monoisotopic (exact) mass is 313 g/mol. The predicted molar refractivity (Wildman–Crippen MR) is 81.0 cm³/mol. The Hall–Kier alpha value is -1.39. The predicted octanol–water partition coefficient (Wildman–Crippen LogP) is 4.72. The molecule has 0 bridgehead atoms. The second kappa shape index (κ2) is 6.37. The molecule has 0 amide bonds. The summed E-state index contributed by atoms with van der Waals surface area (Å²) in [6.07, 6.45) is 0.876. The van der Waals surface area contributed by atoms with Gasteiger partial charge in [-0.1, -0.05) is 30.1 Å². The molecule has 1 heterocycles. The molecule has 2 rings (SSSR count). The van der Waals surface area contributed by atoms with E-state index in [0.717, 1.165) is 6.42 Å². The smallest absolute Gasteiger partial charge is 0.186 e. The van der Waals surface area contributed by atoms with E-state index in [2.05, 4.69) is 15.3 Å². The van der Waals surface area contributed by atoms with Crippen LogP contribution in [0.15, 0.2) is 18.2 Å². The zero-order valence-corrected chi connectivity index (χ0v) is 12.7. The molecule has 2 aromatic rings. The van der Waals surface area contributed by atoms with E-state index in [1.54, 1.807) is 25.1 Å². The van der Waals surface area contributed by atoms with Crippen LogP contribution < -0.4 is 5.32 Å². The molecule has 20 heavy (non-hydrogen) atoms. The largest absolute Gasteiger partial charge is 0.368 e. The first kappa shape index (κ1) is 15.0. The van der Waals surface area contributed by atoms with Crippen molar-refractivity contribution in [2.24, 2.45) is 0 Å². The number of halogens is 3. The molecule has 0 aliphatic rings. The summed E-state index contributed by atoms with van der Waals surface area (Å²) in [6.45, 7) is 4.24. The minimum atomic E-state index is -0.435. The maximum atomic E-state index is 13.9. The molecule has 1 N–H and O–H groups in total. The van der Waals surface area contributed by atoms with Gasteiger partial charge in [0.05, 0.1) is 5.69 Å². The molecule has 3 nitrogen and oxygen atoms in total. The van der Waals surface area contributed by atoms with Gasteiger partial charge in [0.15, 0.2) is 17.5 Å². The van der Waals surface area contributed by atoms with Crippen LogP contribution in [0.3, 0.4) is 0 Å². The third kappa shape index (κ3) is 3.38. The normalized spacial score (nSPS) is 10.7. The molecule has 0 radical (unpaired) electrons. The van der Waals surface area contributed by atoms with Gasteiger partial charge in [0.2, 0.25) is 0 Å². The van der Waals surface area contributed by atoms with Crippen molar-refractivity contribution in [3.63, 3.8) is 0 Å². The third-order valence-electron chi connectivity index (χ3n) is 2.68. The molecule has 0 atom stereocenters. The van der Waals surface area contributed by atoms with Gasteiger partial charge < -0.3 is 5.32 Å². The van der Waals surface area contributed by atoms with E-state index in [-0.39, 0.29) is 11.5 Å². The topological polar surface area (TPSA) is 37.8 Å². The van der Waals surface area contributed by atoms with Crippen molar-refractivity contribution in [1.29, 1.82) is 0 Å². The number of nitrogens with zero attached hydrogens (tertiary/aromatic N) is 2. The van der Waals surface area contributed by atoms with E-state index in [0.29, 0.717) is 28.0 Å². The van der Waals surface area contributed by atoms with E-state index in [1.165, 1.54) is 0 Å². The lowest BCUT2D eigenvalue weighted by molar-refractivity contribution is 0.605. The van der Waals surface area contributed by atoms with Crippen molar-refractivity contribution >= 4 is 29.0 Å². The zero-order valence-electron chi connectivity index (χ0n) is 11.2. The summed E-state index contributed by atoms with van der Waals surface area (Å²) in [7, 11) is 0. The Morgan fingerprint density at radius 2 is 1.80 bits per heavy atom. The van der Waals surface area contributed by atoms with Crippen LogP contribution in [0.25, 0.3) is 11.4 Å². The van der Waals surface area contributed by atoms with Crippen LogP contribution in [-0.4, -0.2) is 16.5 Å². The van der Waals surface area contributed by atoms with Crippen LogP contribution in [0.1, 0.15) is 19.0 Å². The molecule has 1 aromatic heterocycles. The SMILES string of the molecule is CCCNc1nc(-c2cc(Cl)cc(Cl)c2)nc(C)c1F. The number of hydrogen-bond acceptors (Lipinski definition) is 3. The summed E-state index contributed by atoms with van der Waals surface area (Å²) in [5.74, 6) is 0.160. The Balaban J connectivity index is 2.48. The molecule has 0 spiro atoms. The Labute approximate surface area is 127 Å². The summed E-state index contributed by atoms with van der Waals surface area (Å²) >= 11 is 11.9. The molecule has 0 aliphatic carbocycles. The first-order chi connectivity index (χ1) is 9.51. The fourth-order valence-corrected chi connectivity index (χ4v) is 2.26. The lowest BCUT2D eigenvalue weighted by Crippen LogP contribution is -2.08. The fraction of sp³-hybridized carbons (Fsp3) is 0.286. The highest BCUT2D eigenvalue weighted by atomic mass is 35.5. The average molecular weight is 314 g/mol. The molecule has 1 aromatic carbocycles. The van der Waals surface area contributed by atoms with Crippen molar-refractivity contribution in [2.75, 3.05) is 11.9 Å². The molecular weight excluding hydrogens is 300 g/mol. The minimum absolute atomic E-state index is 0.199. The summed E-state index contributed by atoms with van der Waals surface area (Å²) in [5, 5.41) is 3.93.